The molecule has 0 aliphatic heterocycles. The van der Waals surface area contributed by atoms with Crippen molar-refractivity contribution in [3.63, 3.8) is 0 Å². The van der Waals surface area contributed by atoms with Crippen LogP contribution in [0.2, 0.25) is 10.0 Å². The Labute approximate surface area is 112 Å². The van der Waals surface area contributed by atoms with E-state index in [0.29, 0.717) is 0 Å². The summed E-state index contributed by atoms with van der Waals surface area (Å²) in [7, 11) is 0. The molecule has 0 heterocycles. The number of carbonyl (C=O) groups is 1. The largest absolute Gasteiger partial charge is 0.391 e. The predicted molar refractivity (Wildman–Crippen MR) is 63.7 cm³/mol. The lowest BCUT2D eigenvalue weighted by atomic mass is 10.0. The molecule has 0 fully saturated rings. The van der Waals surface area contributed by atoms with Gasteiger partial charge >= 0.3 is 6.18 Å². The summed E-state index contributed by atoms with van der Waals surface area (Å²) in [6.07, 6.45) is -5.66. The molecular formula is C11H10Cl2F3NO. The van der Waals surface area contributed by atoms with Crippen molar-refractivity contribution in [2.24, 2.45) is 0 Å². The van der Waals surface area contributed by atoms with Gasteiger partial charge in [-0.2, -0.15) is 13.2 Å². The summed E-state index contributed by atoms with van der Waals surface area (Å²) in [5.41, 5.74) is 0.0772. The highest BCUT2D eigenvalue weighted by Gasteiger charge is 2.34. The molecule has 1 atom stereocenters. The van der Waals surface area contributed by atoms with Crippen LogP contribution in [-0.2, 0) is 4.79 Å². The Balaban J connectivity index is 3.13. The van der Waals surface area contributed by atoms with Gasteiger partial charge in [0.15, 0.2) is 0 Å². The van der Waals surface area contributed by atoms with Crippen molar-refractivity contribution in [3.05, 3.63) is 33.8 Å². The average molecular weight is 300 g/mol. The topological polar surface area (TPSA) is 29.1 Å². The molecule has 1 N–H and O–H groups in total. The first-order valence-electron chi connectivity index (χ1n) is 4.98. The van der Waals surface area contributed by atoms with Gasteiger partial charge in [-0.3, -0.25) is 4.79 Å². The van der Waals surface area contributed by atoms with E-state index in [4.69, 9.17) is 23.2 Å². The summed E-state index contributed by atoms with van der Waals surface area (Å²) in [5.74, 6) is -0.583. The number of carbonyl (C=O) groups excluding carboxylic acids is 1. The Morgan fingerprint density at radius 3 is 2.22 bits per heavy atom. The van der Waals surface area contributed by atoms with Crippen LogP contribution in [0.1, 0.15) is 24.9 Å². The van der Waals surface area contributed by atoms with Crippen LogP contribution in [0.3, 0.4) is 0 Å². The number of benzene rings is 1. The van der Waals surface area contributed by atoms with E-state index >= 15 is 0 Å². The SMILES string of the molecule is CC(=O)N[C@H](CC(F)(F)F)c1c(Cl)cccc1Cl. The third-order valence-corrected chi connectivity index (χ3v) is 2.82. The molecule has 7 heteroatoms. The molecule has 0 bridgehead atoms. The zero-order valence-electron chi connectivity index (χ0n) is 9.31. The molecule has 18 heavy (non-hydrogen) atoms. The number of halogens is 5. The fourth-order valence-electron chi connectivity index (χ4n) is 1.55. The second-order valence-corrected chi connectivity index (χ2v) is 4.52. The number of nitrogens with one attached hydrogen (secondary N) is 1. The first-order valence-corrected chi connectivity index (χ1v) is 5.74. The predicted octanol–water partition coefficient (Wildman–Crippen LogP) is 4.12. The van der Waals surface area contributed by atoms with Crippen LogP contribution in [-0.4, -0.2) is 12.1 Å². The molecule has 1 aromatic carbocycles. The molecule has 100 valence electrons. The van der Waals surface area contributed by atoms with Gasteiger partial charge < -0.3 is 5.32 Å². The quantitative estimate of drug-likeness (QED) is 0.893. The highest BCUT2D eigenvalue weighted by Crippen LogP contribution is 2.36. The van der Waals surface area contributed by atoms with Gasteiger partial charge in [0.05, 0.1) is 12.5 Å². The summed E-state index contributed by atoms with van der Waals surface area (Å²) in [6, 6.07) is 3.08. The molecule has 0 aromatic heterocycles. The van der Waals surface area contributed by atoms with E-state index in [2.05, 4.69) is 5.32 Å². The van der Waals surface area contributed by atoms with E-state index in [0.717, 1.165) is 6.92 Å². The van der Waals surface area contributed by atoms with E-state index in [1.165, 1.54) is 18.2 Å². The Bertz CT molecular complexity index is 428. The molecule has 0 unspecified atom stereocenters. The van der Waals surface area contributed by atoms with Crippen molar-refractivity contribution < 1.29 is 18.0 Å². The van der Waals surface area contributed by atoms with Gasteiger partial charge in [0, 0.05) is 22.5 Å². The maximum Gasteiger partial charge on any atom is 0.391 e. The number of rotatable bonds is 3. The van der Waals surface area contributed by atoms with E-state index in [-0.39, 0.29) is 15.6 Å². The van der Waals surface area contributed by atoms with Crippen LogP contribution in [0.25, 0.3) is 0 Å². The van der Waals surface area contributed by atoms with E-state index in [1.807, 2.05) is 0 Å². The third kappa shape index (κ3) is 4.38. The van der Waals surface area contributed by atoms with Crippen LogP contribution in [0.15, 0.2) is 18.2 Å². The lowest BCUT2D eigenvalue weighted by Gasteiger charge is -2.22. The Morgan fingerprint density at radius 1 is 1.33 bits per heavy atom. The Morgan fingerprint density at radius 2 is 1.83 bits per heavy atom. The molecule has 0 spiro atoms. The molecule has 1 aromatic rings. The highest BCUT2D eigenvalue weighted by atomic mass is 35.5. The fourth-order valence-corrected chi connectivity index (χ4v) is 2.21. The molecule has 1 rings (SSSR count). The Hall–Kier alpha value is -0.940. The van der Waals surface area contributed by atoms with E-state index < -0.39 is 24.5 Å². The van der Waals surface area contributed by atoms with E-state index in [1.54, 1.807) is 0 Å². The van der Waals surface area contributed by atoms with Crippen LogP contribution < -0.4 is 5.32 Å². The summed E-state index contributed by atoms with van der Waals surface area (Å²) in [5, 5.41) is 2.38. The maximum atomic E-state index is 12.5. The zero-order valence-corrected chi connectivity index (χ0v) is 10.8. The maximum absolute atomic E-state index is 12.5. The highest BCUT2D eigenvalue weighted by molar-refractivity contribution is 6.36. The zero-order chi connectivity index (χ0) is 13.9. The normalized spacial score (nSPS) is 13.2. The average Bonchev–Trinajstić information content (AvgIpc) is 2.13. The van der Waals surface area contributed by atoms with Gasteiger partial charge in [-0.05, 0) is 12.1 Å². The van der Waals surface area contributed by atoms with Gasteiger partial charge in [0.25, 0.3) is 0 Å². The van der Waals surface area contributed by atoms with Crippen LogP contribution in [0, 0.1) is 0 Å². The minimum absolute atomic E-state index is 0.0772. The van der Waals surface area contributed by atoms with Crippen molar-refractivity contribution in [1.82, 2.24) is 5.32 Å². The summed E-state index contributed by atoms with van der Waals surface area (Å²) < 4.78 is 37.4. The molecule has 0 aliphatic carbocycles. The number of hydrogen-bond acceptors (Lipinski definition) is 1. The molecule has 0 saturated heterocycles. The second kappa shape index (κ2) is 5.80. The van der Waals surface area contributed by atoms with Crippen molar-refractivity contribution in [2.45, 2.75) is 25.6 Å². The van der Waals surface area contributed by atoms with Crippen molar-refractivity contribution >= 4 is 29.1 Å². The Kier molecular flexibility index (Phi) is 4.87. The van der Waals surface area contributed by atoms with Gasteiger partial charge in [-0.25, -0.2) is 0 Å². The lowest BCUT2D eigenvalue weighted by molar-refractivity contribution is -0.142. The summed E-state index contributed by atoms with van der Waals surface area (Å²) in [4.78, 5) is 11.0. The molecular weight excluding hydrogens is 290 g/mol. The van der Waals surface area contributed by atoms with Gasteiger partial charge in [0.1, 0.15) is 0 Å². The first kappa shape index (κ1) is 15.1. The van der Waals surface area contributed by atoms with Crippen molar-refractivity contribution in [2.75, 3.05) is 0 Å². The smallest absolute Gasteiger partial charge is 0.349 e. The number of hydrogen-bond donors (Lipinski definition) is 1. The number of amides is 1. The molecule has 0 radical (unpaired) electrons. The van der Waals surface area contributed by atoms with Crippen molar-refractivity contribution in [3.8, 4) is 0 Å². The van der Waals surface area contributed by atoms with Crippen molar-refractivity contribution in [1.29, 1.82) is 0 Å². The summed E-state index contributed by atoms with van der Waals surface area (Å²) in [6.45, 7) is 1.13. The standard InChI is InChI=1S/C11H10Cl2F3NO/c1-6(18)17-9(5-11(14,15)16)10-7(12)3-2-4-8(10)13/h2-4,9H,5H2,1H3,(H,17,18)/t9-/m1/s1. The minimum atomic E-state index is -4.43. The molecule has 0 saturated carbocycles. The fraction of sp³-hybridized carbons (Fsp3) is 0.364. The lowest BCUT2D eigenvalue weighted by Crippen LogP contribution is -2.30. The summed E-state index contributed by atoms with van der Waals surface area (Å²) >= 11 is 11.7. The molecule has 2 nitrogen and oxygen atoms in total. The second-order valence-electron chi connectivity index (χ2n) is 3.71. The van der Waals surface area contributed by atoms with Gasteiger partial charge in [0.2, 0.25) is 5.91 Å². The first-order chi connectivity index (χ1) is 8.20. The monoisotopic (exact) mass is 299 g/mol. The number of alkyl halides is 3. The van der Waals surface area contributed by atoms with Crippen LogP contribution in [0.5, 0.6) is 0 Å². The third-order valence-electron chi connectivity index (χ3n) is 2.16. The van der Waals surface area contributed by atoms with Gasteiger partial charge in [-0.15, -0.1) is 0 Å². The molecule has 1 amide bonds. The van der Waals surface area contributed by atoms with Gasteiger partial charge in [-0.1, -0.05) is 29.3 Å². The van der Waals surface area contributed by atoms with Crippen LogP contribution in [0.4, 0.5) is 13.2 Å². The van der Waals surface area contributed by atoms with Crippen LogP contribution >= 0.6 is 23.2 Å². The van der Waals surface area contributed by atoms with E-state index in [9.17, 15) is 18.0 Å². The minimum Gasteiger partial charge on any atom is -0.349 e. The molecule has 0 aliphatic rings.